The lowest BCUT2D eigenvalue weighted by atomic mass is 9.86. The Bertz CT molecular complexity index is 1570. The van der Waals surface area contributed by atoms with Crippen molar-refractivity contribution in [2.45, 2.75) is 39.0 Å². The number of cyclic esters (lactones) is 1. The molecule has 5 rings (SSSR count). The van der Waals surface area contributed by atoms with Gasteiger partial charge in [-0.2, -0.15) is 0 Å². The molecule has 0 unspecified atom stereocenters. The Labute approximate surface area is 205 Å². The minimum absolute atomic E-state index is 0.00295. The summed E-state index contributed by atoms with van der Waals surface area (Å²) in [5.41, 5.74) is 1.53. The van der Waals surface area contributed by atoms with Crippen LogP contribution in [-0.4, -0.2) is 39.6 Å². The number of pyridine rings is 2. The SMILES string of the molecule is CC[C@@]1(O)C(=O)OCc2c1cc1n(c2=O)Cc2cc3cc(C=C(NC(C)=O)C(=O)OC)ccc3nc2-1. The fourth-order valence-electron chi connectivity index (χ4n) is 4.71. The predicted molar refractivity (Wildman–Crippen MR) is 128 cm³/mol. The van der Waals surface area contributed by atoms with Crippen LogP contribution >= 0.6 is 0 Å². The van der Waals surface area contributed by atoms with Crippen molar-refractivity contribution < 1.29 is 29.0 Å². The van der Waals surface area contributed by atoms with Gasteiger partial charge in [0.2, 0.25) is 5.91 Å². The summed E-state index contributed by atoms with van der Waals surface area (Å²) in [6.45, 7) is 3.04. The van der Waals surface area contributed by atoms with Gasteiger partial charge in [0.25, 0.3) is 5.56 Å². The molecule has 1 aromatic carbocycles. The molecule has 1 amide bonds. The van der Waals surface area contributed by atoms with Crippen LogP contribution in [0.2, 0.25) is 0 Å². The Balaban J connectivity index is 1.61. The van der Waals surface area contributed by atoms with E-state index < -0.39 is 23.4 Å². The van der Waals surface area contributed by atoms with Crippen molar-refractivity contribution in [1.82, 2.24) is 14.9 Å². The number of aliphatic hydroxyl groups is 1. The maximum atomic E-state index is 13.3. The Kier molecular flexibility index (Phi) is 5.48. The highest BCUT2D eigenvalue weighted by atomic mass is 16.6. The Hall–Kier alpha value is -4.31. The molecular weight excluding hydrogens is 466 g/mol. The highest BCUT2D eigenvalue weighted by molar-refractivity contribution is 5.98. The van der Waals surface area contributed by atoms with Crippen LogP contribution < -0.4 is 10.9 Å². The number of carbonyl (C=O) groups excluding carboxylic acids is 3. The summed E-state index contributed by atoms with van der Waals surface area (Å²) in [7, 11) is 1.23. The van der Waals surface area contributed by atoms with Crippen molar-refractivity contribution in [2.24, 2.45) is 0 Å². The van der Waals surface area contributed by atoms with Crippen molar-refractivity contribution in [1.29, 1.82) is 0 Å². The molecule has 0 spiro atoms. The highest BCUT2D eigenvalue weighted by Gasteiger charge is 2.45. The molecule has 36 heavy (non-hydrogen) atoms. The van der Waals surface area contributed by atoms with Gasteiger partial charge in [0, 0.05) is 23.4 Å². The van der Waals surface area contributed by atoms with Crippen LogP contribution in [0.3, 0.4) is 0 Å². The molecule has 0 fully saturated rings. The summed E-state index contributed by atoms with van der Waals surface area (Å²) >= 11 is 0. The molecule has 2 aromatic heterocycles. The molecule has 0 radical (unpaired) electrons. The van der Waals surface area contributed by atoms with Gasteiger partial charge in [0.05, 0.1) is 36.1 Å². The van der Waals surface area contributed by atoms with Crippen molar-refractivity contribution in [2.75, 3.05) is 7.11 Å². The lowest BCUT2D eigenvalue weighted by Gasteiger charge is -2.31. The van der Waals surface area contributed by atoms with Crippen LogP contribution in [0.4, 0.5) is 0 Å². The summed E-state index contributed by atoms with van der Waals surface area (Å²) in [5.74, 6) is -1.84. The van der Waals surface area contributed by atoms with Gasteiger partial charge in [-0.15, -0.1) is 0 Å². The van der Waals surface area contributed by atoms with Gasteiger partial charge >= 0.3 is 11.9 Å². The zero-order valence-corrected chi connectivity index (χ0v) is 19.9. The van der Waals surface area contributed by atoms with Crippen molar-refractivity contribution in [3.05, 3.63) is 68.6 Å². The molecule has 2 N–H and O–H groups in total. The van der Waals surface area contributed by atoms with Crippen LogP contribution in [0.15, 0.2) is 40.8 Å². The average Bonchev–Trinajstić information content (AvgIpc) is 3.21. The Morgan fingerprint density at radius 3 is 2.75 bits per heavy atom. The third kappa shape index (κ3) is 3.57. The van der Waals surface area contributed by atoms with E-state index in [0.717, 1.165) is 10.9 Å². The molecule has 4 heterocycles. The summed E-state index contributed by atoms with van der Waals surface area (Å²) in [6, 6.07) is 8.89. The normalized spacial score (nSPS) is 18.2. The first-order valence-corrected chi connectivity index (χ1v) is 11.3. The Morgan fingerprint density at radius 1 is 1.28 bits per heavy atom. The van der Waals surface area contributed by atoms with Gasteiger partial charge in [-0.05, 0) is 42.3 Å². The van der Waals surface area contributed by atoms with E-state index in [-0.39, 0.29) is 42.0 Å². The zero-order chi connectivity index (χ0) is 25.8. The van der Waals surface area contributed by atoms with Crippen LogP contribution in [0.25, 0.3) is 28.4 Å². The smallest absolute Gasteiger partial charge is 0.354 e. The number of hydrogen-bond donors (Lipinski definition) is 2. The second-order valence-electron chi connectivity index (χ2n) is 8.78. The number of nitrogens with zero attached hydrogens (tertiary/aromatic N) is 2. The molecule has 0 saturated carbocycles. The average molecular weight is 489 g/mol. The molecule has 1 atom stereocenters. The topological polar surface area (TPSA) is 137 Å². The minimum atomic E-state index is -1.88. The molecule has 10 nitrogen and oxygen atoms in total. The number of carbonyl (C=O) groups is 3. The van der Waals surface area contributed by atoms with Crippen LogP contribution in [0, 0.1) is 0 Å². The van der Waals surface area contributed by atoms with E-state index in [0.29, 0.717) is 22.5 Å². The maximum absolute atomic E-state index is 13.3. The first-order valence-electron chi connectivity index (χ1n) is 11.3. The summed E-state index contributed by atoms with van der Waals surface area (Å²) < 4.78 is 11.4. The number of rotatable bonds is 4. The van der Waals surface area contributed by atoms with Crippen molar-refractivity contribution in [3.63, 3.8) is 0 Å². The third-order valence-corrected chi connectivity index (χ3v) is 6.56. The molecule has 2 aliphatic rings. The van der Waals surface area contributed by atoms with Gasteiger partial charge in [-0.25, -0.2) is 14.6 Å². The molecular formula is C26H23N3O7. The van der Waals surface area contributed by atoms with Crippen molar-refractivity contribution in [3.8, 4) is 11.4 Å². The molecule has 0 saturated heterocycles. The fourth-order valence-corrected chi connectivity index (χ4v) is 4.71. The Morgan fingerprint density at radius 2 is 2.06 bits per heavy atom. The number of aromatic nitrogens is 2. The maximum Gasteiger partial charge on any atom is 0.354 e. The number of benzene rings is 1. The summed E-state index contributed by atoms with van der Waals surface area (Å²) in [6.07, 6.45) is 1.58. The molecule has 0 aliphatic carbocycles. The van der Waals surface area contributed by atoms with E-state index in [1.165, 1.54) is 20.1 Å². The van der Waals surface area contributed by atoms with Gasteiger partial charge in [0.15, 0.2) is 5.60 Å². The predicted octanol–water partition coefficient (Wildman–Crippen LogP) is 1.73. The quantitative estimate of drug-likeness (QED) is 0.327. The lowest BCUT2D eigenvalue weighted by Crippen LogP contribution is -2.44. The number of ether oxygens (including phenoxy) is 2. The number of amides is 1. The molecule has 0 bridgehead atoms. The molecule has 3 aromatic rings. The largest absolute Gasteiger partial charge is 0.464 e. The number of esters is 2. The number of fused-ring (bicyclic) bond motifs is 5. The molecule has 2 aliphatic heterocycles. The lowest BCUT2D eigenvalue weighted by molar-refractivity contribution is -0.172. The van der Waals surface area contributed by atoms with Crippen LogP contribution in [-0.2, 0) is 42.6 Å². The van der Waals surface area contributed by atoms with E-state index in [1.54, 1.807) is 29.7 Å². The standard InChI is InChI=1S/C26H23N3O7/c1-4-26(34)18-10-21-22-16(11-29(21)23(31)17(18)12-36-25(26)33)9-15-7-14(5-6-19(15)28-22)8-20(24(32)35-3)27-13(2)30/h5-10,34H,4,11-12H2,1-3H3,(H,27,30)/t26-/m0/s1. The third-order valence-electron chi connectivity index (χ3n) is 6.56. The number of nitrogens with one attached hydrogen (secondary N) is 1. The first kappa shape index (κ1) is 23.4. The number of hydrogen-bond acceptors (Lipinski definition) is 8. The molecule has 184 valence electrons. The second kappa shape index (κ2) is 8.42. The van der Waals surface area contributed by atoms with E-state index in [4.69, 9.17) is 14.5 Å². The van der Waals surface area contributed by atoms with Gasteiger partial charge in [-0.1, -0.05) is 13.0 Å². The van der Waals surface area contributed by atoms with Crippen molar-refractivity contribution >= 4 is 34.8 Å². The van der Waals surface area contributed by atoms with Gasteiger partial charge in [-0.3, -0.25) is 9.59 Å². The van der Waals surface area contributed by atoms with E-state index >= 15 is 0 Å². The first-order chi connectivity index (χ1) is 17.2. The molecule has 10 heteroatoms. The minimum Gasteiger partial charge on any atom is -0.464 e. The van der Waals surface area contributed by atoms with Gasteiger partial charge < -0.3 is 24.5 Å². The van der Waals surface area contributed by atoms with Crippen LogP contribution in [0.1, 0.15) is 42.5 Å². The number of methoxy groups -OCH3 is 1. The summed E-state index contributed by atoms with van der Waals surface area (Å²) in [5, 5.41) is 14.2. The van der Waals surface area contributed by atoms with Crippen LogP contribution in [0.5, 0.6) is 0 Å². The fraction of sp³-hybridized carbons (Fsp3) is 0.269. The second-order valence-corrected chi connectivity index (χ2v) is 8.78. The van der Waals surface area contributed by atoms with Gasteiger partial charge in [0.1, 0.15) is 12.3 Å². The monoisotopic (exact) mass is 489 g/mol. The highest BCUT2D eigenvalue weighted by Crippen LogP contribution is 2.38. The van der Waals surface area contributed by atoms with E-state index in [2.05, 4.69) is 5.32 Å². The zero-order valence-electron chi connectivity index (χ0n) is 19.9. The van der Waals surface area contributed by atoms with E-state index in [1.807, 2.05) is 12.1 Å². The summed E-state index contributed by atoms with van der Waals surface area (Å²) in [4.78, 5) is 53.9. The van der Waals surface area contributed by atoms with E-state index in [9.17, 15) is 24.3 Å².